The summed E-state index contributed by atoms with van der Waals surface area (Å²) in [5.74, 6) is 0.251. The molecule has 0 saturated carbocycles. The van der Waals surface area contributed by atoms with Crippen LogP contribution in [-0.2, 0) is 5.41 Å². The van der Waals surface area contributed by atoms with Gasteiger partial charge in [-0.15, -0.1) is 10.2 Å². The number of fused-ring (bicyclic) bond motifs is 1. The largest absolute Gasteiger partial charge is 0.507 e. The fourth-order valence-electron chi connectivity index (χ4n) is 2.46. The molecule has 0 saturated heterocycles. The van der Waals surface area contributed by atoms with E-state index in [1.807, 2.05) is 51.1 Å². The average molecular weight is 337 g/mol. The predicted octanol–water partition coefficient (Wildman–Crippen LogP) is 2.77. The van der Waals surface area contributed by atoms with E-state index in [0.717, 1.165) is 10.8 Å². The van der Waals surface area contributed by atoms with Crippen molar-refractivity contribution >= 4 is 22.9 Å². The van der Waals surface area contributed by atoms with Gasteiger partial charge in [-0.2, -0.15) is 5.10 Å². The number of benzene rings is 2. The van der Waals surface area contributed by atoms with Crippen molar-refractivity contribution in [3.63, 3.8) is 0 Å². The number of hydrogen-bond donors (Lipinski definition) is 3. The molecule has 0 amide bonds. The molecule has 25 heavy (non-hydrogen) atoms. The molecule has 128 valence electrons. The summed E-state index contributed by atoms with van der Waals surface area (Å²) in [6, 6.07) is 11.1. The van der Waals surface area contributed by atoms with Crippen LogP contribution >= 0.6 is 0 Å². The van der Waals surface area contributed by atoms with Crippen LogP contribution in [0, 0.1) is 0 Å². The first-order valence-electron chi connectivity index (χ1n) is 7.83. The number of anilines is 1. The van der Waals surface area contributed by atoms with E-state index in [0.29, 0.717) is 11.3 Å². The van der Waals surface area contributed by atoms with Crippen LogP contribution in [-0.4, -0.2) is 26.5 Å². The minimum absolute atomic E-state index is 0.118. The molecule has 0 aliphatic rings. The molecule has 0 aliphatic carbocycles. The highest BCUT2D eigenvalue weighted by atomic mass is 16.3. The zero-order chi connectivity index (χ0) is 18.0. The van der Waals surface area contributed by atoms with Crippen molar-refractivity contribution in [2.75, 3.05) is 5.43 Å². The predicted molar refractivity (Wildman–Crippen MR) is 98.2 cm³/mol. The van der Waals surface area contributed by atoms with E-state index in [4.69, 9.17) is 0 Å². The number of phenols is 1. The Balaban J connectivity index is 1.86. The van der Waals surface area contributed by atoms with E-state index in [-0.39, 0.29) is 17.3 Å². The van der Waals surface area contributed by atoms with Gasteiger partial charge < -0.3 is 5.11 Å². The number of rotatable bonds is 3. The summed E-state index contributed by atoms with van der Waals surface area (Å²) in [4.78, 5) is 14.7. The van der Waals surface area contributed by atoms with Crippen molar-refractivity contribution in [3.8, 4) is 5.75 Å². The van der Waals surface area contributed by atoms with Gasteiger partial charge in [0.1, 0.15) is 11.4 Å². The fourth-order valence-corrected chi connectivity index (χ4v) is 2.46. The number of nitrogens with one attached hydrogen (secondary N) is 2. The third-order valence-electron chi connectivity index (χ3n) is 3.72. The number of phenolic OH excluding ortho intramolecular Hbond substituents is 1. The summed E-state index contributed by atoms with van der Waals surface area (Å²) in [6.45, 7) is 5.67. The minimum Gasteiger partial charge on any atom is -0.507 e. The second-order valence-electron chi connectivity index (χ2n) is 6.69. The zero-order valence-corrected chi connectivity index (χ0v) is 14.2. The Bertz CT molecular complexity index is 1000. The van der Waals surface area contributed by atoms with Crippen LogP contribution in [0.3, 0.4) is 0 Å². The van der Waals surface area contributed by atoms with Gasteiger partial charge in [-0.1, -0.05) is 51.1 Å². The lowest BCUT2D eigenvalue weighted by Gasteiger charge is -2.15. The first-order valence-corrected chi connectivity index (χ1v) is 7.83. The van der Waals surface area contributed by atoms with Gasteiger partial charge in [0.05, 0.1) is 6.21 Å². The Hall–Kier alpha value is -3.22. The van der Waals surface area contributed by atoms with E-state index >= 15 is 0 Å². The first kappa shape index (κ1) is 16.6. The van der Waals surface area contributed by atoms with Crippen LogP contribution in [0.2, 0.25) is 0 Å². The van der Waals surface area contributed by atoms with Crippen LogP contribution in [0.4, 0.5) is 5.95 Å². The van der Waals surface area contributed by atoms with Gasteiger partial charge >= 0.3 is 0 Å². The standard InChI is InChI=1S/C18H19N5O2/c1-18(2,3)15-16(25)20-17(23-21-15)22-19-10-13-12-7-5-4-6-11(12)8-9-14(13)24/h4-10,24H,1-3H3,(H2,20,22,23,25). The van der Waals surface area contributed by atoms with Gasteiger partial charge in [0.15, 0.2) is 0 Å². The first-order chi connectivity index (χ1) is 11.9. The Labute approximate surface area is 144 Å². The Morgan fingerprint density at radius 1 is 1.16 bits per heavy atom. The molecule has 0 radical (unpaired) electrons. The van der Waals surface area contributed by atoms with Crippen LogP contribution in [0.5, 0.6) is 5.75 Å². The lowest BCUT2D eigenvalue weighted by atomic mass is 9.93. The quantitative estimate of drug-likeness (QED) is 0.504. The molecule has 3 aromatic rings. The van der Waals surface area contributed by atoms with E-state index in [1.54, 1.807) is 6.07 Å². The molecule has 0 aliphatic heterocycles. The van der Waals surface area contributed by atoms with Gasteiger partial charge in [-0.3, -0.25) is 9.78 Å². The molecular weight excluding hydrogens is 318 g/mol. The summed E-state index contributed by atoms with van der Waals surface area (Å²) in [5, 5.41) is 23.9. The van der Waals surface area contributed by atoms with Crippen molar-refractivity contribution in [1.82, 2.24) is 15.2 Å². The summed E-state index contributed by atoms with van der Waals surface area (Å²) in [6.07, 6.45) is 1.48. The highest BCUT2D eigenvalue weighted by Crippen LogP contribution is 2.25. The van der Waals surface area contributed by atoms with Crippen molar-refractivity contribution < 1.29 is 5.11 Å². The molecule has 7 heteroatoms. The molecule has 3 rings (SSSR count). The van der Waals surface area contributed by atoms with Gasteiger partial charge in [0.25, 0.3) is 5.56 Å². The maximum atomic E-state index is 12.1. The van der Waals surface area contributed by atoms with E-state index in [9.17, 15) is 9.90 Å². The Kier molecular flexibility index (Phi) is 4.22. The maximum absolute atomic E-state index is 12.1. The topological polar surface area (TPSA) is 103 Å². The molecular formula is C18H19N5O2. The third kappa shape index (κ3) is 3.50. The smallest absolute Gasteiger partial charge is 0.274 e. The molecule has 1 aromatic heterocycles. The van der Waals surface area contributed by atoms with E-state index in [1.165, 1.54) is 6.21 Å². The summed E-state index contributed by atoms with van der Waals surface area (Å²) in [5.41, 5.74) is 2.86. The monoisotopic (exact) mass is 337 g/mol. The number of hydrogen-bond acceptors (Lipinski definition) is 6. The maximum Gasteiger partial charge on any atom is 0.274 e. The number of nitrogens with zero attached hydrogens (tertiary/aromatic N) is 3. The van der Waals surface area contributed by atoms with Crippen molar-refractivity contribution in [3.05, 3.63) is 58.0 Å². The van der Waals surface area contributed by atoms with E-state index in [2.05, 4.69) is 25.7 Å². The zero-order valence-electron chi connectivity index (χ0n) is 14.2. The molecule has 0 unspecified atom stereocenters. The highest BCUT2D eigenvalue weighted by molar-refractivity contribution is 6.02. The number of hydrazone groups is 1. The molecule has 7 nitrogen and oxygen atoms in total. The molecule has 3 N–H and O–H groups in total. The SMILES string of the molecule is CC(C)(C)c1nnc(NN=Cc2c(O)ccc3ccccc23)[nH]c1=O. The summed E-state index contributed by atoms with van der Waals surface area (Å²) < 4.78 is 0. The number of aromatic hydroxyl groups is 1. The van der Waals surface area contributed by atoms with Crippen molar-refractivity contribution in [1.29, 1.82) is 0 Å². The molecule has 0 spiro atoms. The normalized spacial score (nSPS) is 12.0. The number of H-pyrrole nitrogens is 1. The molecule has 0 fully saturated rings. The van der Waals surface area contributed by atoms with Crippen molar-refractivity contribution in [2.24, 2.45) is 5.10 Å². The van der Waals surface area contributed by atoms with Crippen molar-refractivity contribution in [2.45, 2.75) is 26.2 Å². The number of aromatic nitrogens is 3. The van der Waals surface area contributed by atoms with Gasteiger partial charge in [-0.05, 0) is 16.8 Å². The molecule has 1 heterocycles. The minimum atomic E-state index is -0.392. The van der Waals surface area contributed by atoms with Gasteiger partial charge in [0, 0.05) is 11.0 Å². The summed E-state index contributed by atoms with van der Waals surface area (Å²) >= 11 is 0. The molecule has 0 bridgehead atoms. The number of aromatic amines is 1. The van der Waals surface area contributed by atoms with Gasteiger partial charge in [0.2, 0.25) is 5.95 Å². The van der Waals surface area contributed by atoms with Crippen LogP contribution in [0.1, 0.15) is 32.0 Å². The average Bonchev–Trinajstić information content (AvgIpc) is 2.56. The Morgan fingerprint density at radius 2 is 1.92 bits per heavy atom. The molecule has 2 aromatic carbocycles. The summed E-state index contributed by atoms with van der Waals surface area (Å²) in [7, 11) is 0. The van der Waals surface area contributed by atoms with Crippen LogP contribution < -0.4 is 11.0 Å². The second kappa shape index (κ2) is 6.35. The van der Waals surface area contributed by atoms with E-state index < -0.39 is 5.41 Å². The fraction of sp³-hybridized carbons (Fsp3) is 0.222. The highest BCUT2D eigenvalue weighted by Gasteiger charge is 2.20. The lowest BCUT2D eigenvalue weighted by molar-refractivity contribution is 0.475. The lowest BCUT2D eigenvalue weighted by Crippen LogP contribution is -2.28. The van der Waals surface area contributed by atoms with Crippen LogP contribution in [0.15, 0.2) is 46.3 Å². The second-order valence-corrected chi connectivity index (χ2v) is 6.69. The Morgan fingerprint density at radius 3 is 2.64 bits per heavy atom. The molecule has 0 atom stereocenters. The van der Waals surface area contributed by atoms with Crippen LogP contribution in [0.25, 0.3) is 10.8 Å². The third-order valence-corrected chi connectivity index (χ3v) is 3.72. The van der Waals surface area contributed by atoms with Gasteiger partial charge in [-0.25, -0.2) is 5.43 Å².